The number of carbonyl (C=O) groups is 3. The van der Waals surface area contributed by atoms with Crippen molar-refractivity contribution in [2.24, 2.45) is 0 Å². The molecule has 1 heterocycles. The lowest BCUT2D eigenvalue weighted by Gasteiger charge is -2.13. The Labute approximate surface area is 172 Å². The average molecular weight is 417 g/mol. The lowest BCUT2D eigenvalue weighted by molar-refractivity contribution is -0.384. The van der Waals surface area contributed by atoms with Crippen molar-refractivity contribution in [3.05, 3.63) is 56.4 Å². The molecule has 160 valence electrons. The maximum Gasteiger partial charge on any atom is 0.340 e. The molecule has 0 saturated heterocycles. The van der Waals surface area contributed by atoms with Crippen LogP contribution in [0.5, 0.6) is 0 Å². The lowest BCUT2D eigenvalue weighted by Crippen LogP contribution is -2.16. The SMILES string of the molecule is CCOC(=O)c1c(C)[nH]c(C(=O)COC(=O)c2ccc(N(C)C)c([N+](=O)[O-])c2)c1C. The van der Waals surface area contributed by atoms with E-state index in [2.05, 4.69) is 4.98 Å². The third kappa shape index (κ3) is 4.65. The molecule has 0 bridgehead atoms. The minimum absolute atomic E-state index is 0.0494. The van der Waals surface area contributed by atoms with E-state index in [0.29, 0.717) is 16.9 Å². The zero-order valence-corrected chi connectivity index (χ0v) is 17.4. The van der Waals surface area contributed by atoms with Gasteiger partial charge in [-0.15, -0.1) is 0 Å². The molecule has 1 N–H and O–H groups in total. The summed E-state index contributed by atoms with van der Waals surface area (Å²) in [5.41, 5.74) is 1.30. The number of carbonyl (C=O) groups excluding carboxylic acids is 3. The monoisotopic (exact) mass is 417 g/mol. The summed E-state index contributed by atoms with van der Waals surface area (Å²) < 4.78 is 10.0. The number of nitro benzene ring substituents is 1. The molecule has 2 aromatic rings. The number of benzene rings is 1. The van der Waals surface area contributed by atoms with E-state index in [0.717, 1.165) is 6.07 Å². The topological polar surface area (TPSA) is 132 Å². The number of esters is 2. The summed E-state index contributed by atoms with van der Waals surface area (Å²) >= 11 is 0. The highest BCUT2D eigenvalue weighted by atomic mass is 16.6. The Morgan fingerprint density at radius 2 is 1.80 bits per heavy atom. The van der Waals surface area contributed by atoms with Crippen LogP contribution in [0.1, 0.15) is 49.4 Å². The van der Waals surface area contributed by atoms with Gasteiger partial charge in [0, 0.05) is 25.9 Å². The summed E-state index contributed by atoms with van der Waals surface area (Å²) in [6.45, 7) is 4.51. The number of ether oxygens (including phenoxy) is 2. The van der Waals surface area contributed by atoms with E-state index in [4.69, 9.17) is 9.47 Å². The molecule has 10 heteroatoms. The molecule has 0 aliphatic rings. The van der Waals surface area contributed by atoms with Gasteiger partial charge in [-0.05, 0) is 38.5 Å². The normalized spacial score (nSPS) is 10.4. The molecular formula is C20H23N3O7. The number of hydrogen-bond donors (Lipinski definition) is 1. The van der Waals surface area contributed by atoms with E-state index in [9.17, 15) is 24.5 Å². The van der Waals surface area contributed by atoms with Crippen molar-refractivity contribution in [2.45, 2.75) is 20.8 Å². The molecule has 0 fully saturated rings. The molecule has 0 unspecified atom stereocenters. The van der Waals surface area contributed by atoms with Gasteiger partial charge in [0.2, 0.25) is 5.78 Å². The minimum Gasteiger partial charge on any atom is -0.462 e. The molecule has 2 rings (SSSR count). The number of anilines is 1. The highest BCUT2D eigenvalue weighted by Crippen LogP contribution is 2.28. The first kappa shape index (κ1) is 22.6. The number of Topliss-reactive ketones (excluding diaryl/α,β-unsaturated/α-hetero) is 1. The van der Waals surface area contributed by atoms with E-state index >= 15 is 0 Å². The molecule has 0 aliphatic heterocycles. The van der Waals surface area contributed by atoms with Crippen molar-refractivity contribution in [2.75, 3.05) is 32.2 Å². The number of H-pyrrole nitrogens is 1. The van der Waals surface area contributed by atoms with E-state index in [-0.39, 0.29) is 29.1 Å². The number of aromatic amines is 1. The molecule has 0 spiro atoms. The minimum atomic E-state index is -0.872. The first-order chi connectivity index (χ1) is 14.1. The van der Waals surface area contributed by atoms with Crippen molar-refractivity contribution in [3.8, 4) is 0 Å². The molecule has 0 amide bonds. The van der Waals surface area contributed by atoms with Gasteiger partial charge in [-0.2, -0.15) is 0 Å². The Hall–Kier alpha value is -3.69. The quantitative estimate of drug-likeness (QED) is 0.300. The number of rotatable bonds is 8. The third-order valence-electron chi connectivity index (χ3n) is 4.42. The number of aromatic nitrogens is 1. The van der Waals surface area contributed by atoms with Crippen LogP contribution in [-0.2, 0) is 9.47 Å². The zero-order chi connectivity index (χ0) is 22.6. The molecule has 1 aromatic carbocycles. The smallest absolute Gasteiger partial charge is 0.340 e. The maximum absolute atomic E-state index is 12.5. The van der Waals surface area contributed by atoms with Gasteiger partial charge in [-0.3, -0.25) is 14.9 Å². The van der Waals surface area contributed by atoms with Gasteiger partial charge < -0.3 is 19.4 Å². The lowest BCUT2D eigenvalue weighted by atomic mass is 10.1. The third-order valence-corrected chi connectivity index (χ3v) is 4.42. The van der Waals surface area contributed by atoms with Crippen LogP contribution in [0.2, 0.25) is 0 Å². The van der Waals surface area contributed by atoms with Crippen molar-refractivity contribution in [1.82, 2.24) is 4.98 Å². The molecule has 0 radical (unpaired) electrons. The zero-order valence-electron chi connectivity index (χ0n) is 17.4. The number of nitro groups is 1. The van der Waals surface area contributed by atoms with Gasteiger partial charge in [-0.1, -0.05) is 0 Å². The number of nitrogens with zero attached hydrogens (tertiary/aromatic N) is 2. The summed E-state index contributed by atoms with van der Waals surface area (Å²) in [5.74, 6) is -1.96. The van der Waals surface area contributed by atoms with Crippen LogP contribution in [0, 0.1) is 24.0 Å². The van der Waals surface area contributed by atoms with Crippen LogP contribution in [0.3, 0.4) is 0 Å². The molecule has 30 heavy (non-hydrogen) atoms. The highest BCUT2D eigenvalue weighted by Gasteiger charge is 2.24. The van der Waals surface area contributed by atoms with Crippen LogP contribution < -0.4 is 4.90 Å². The molecule has 0 saturated carbocycles. The summed E-state index contributed by atoms with van der Waals surface area (Å²) in [6, 6.07) is 3.92. The predicted molar refractivity (Wildman–Crippen MR) is 108 cm³/mol. The van der Waals surface area contributed by atoms with E-state index in [1.54, 1.807) is 39.8 Å². The largest absolute Gasteiger partial charge is 0.462 e. The van der Waals surface area contributed by atoms with Crippen LogP contribution >= 0.6 is 0 Å². The fourth-order valence-corrected chi connectivity index (χ4v) is 3.00. The fourth-order valence-electron chi connectivity index (χ4n) is 3.00. The number of ketones is 1. The van der Waals surface area contributed by atoms with E-state index in [1.165, 1.54) is 12.1 Å². The van der Waals surface area contributed by atoms with Gasteiger partial charge in [0.05, 0.1) is 28.4 Å². The Morgan fingerprint density at radius 1 is 1.13 bits per heavy atom. The van der Waals surface area contributed by atoms with Gasteiger partial charge in [0.1, 0.15) is 5.69 Å². The standard InChI is InChI=1S/C20H23N3O7/c1-6-29-20(26)17-11(2)18(21-12(17)3)16(24)10-30-19(25)13-7-8-14(22(4)5)15(9-13)23(27)28/h7-9,21H,6,10H2,1-5H3. The van der Waals surface area contributed by atoms with Gasteiger partial charge in [0.25, 0.3) is 5.69 Å². The first-order valence-electron chi connectivity index (χ1n) is 9.10. The number of hydrogen-bond acceptors (Lipinski definition) is 8. The number of nitrogens with one attached hydrogen (secondary N) is 1. The van der Waals surface area contributed by atoms with Crippen LogP contribution in [0.25, 0.3) is 0 Å². The Kier molecular flexibility index (Phi) is 6.93. The fraction of sp³-hybridized carbons (Fsp3) is 0.350. The van der Waals surface area contributed by atoms with Crippen LogP contribution in [0.4, 0.5) is 11.4 Å². The number of aryl methyl sites for hydroxylation is 1. The Balaban J connectivity index is 2.16. The van der Waals surface area contributed by atoms with Crippen molar-refractivity contribution in [3.63, 3.8) is 0 Å². The summed E-state index contributed by atoms with van der Waals surface area (Å²) in [4.78, 5) is 51.9. The Morgan fingerprint density at radius 3 is 2.37 bits per heavy atom. The molecule has 1 aromatic heterocycles. The second kappa shape index (κ2) is 9.21. The van der Waals surface area contributed by atoms with Gasteiger partial charge in [0.15, 0.2) is 6.61 Å². The molecule has 0 aliphatic carbocycles. The predicted octanol–water partition coefficient (Wildman–Crippen LogP) is 2.82. The summed E-state index contributed by atoms with van der Waals surface area (Å²) in [5, 5.41) is 11.3. The van der Waals surface area contributed by atoms with Gasteiger partial charge >= 0.3 is 11.9 Å². The van der Waals surface area contributed by atoms with E-state index in [1.807, 2.05) is 0 Å². The first-order valence-corrected chi connectivity index (χ1v) is 9.10. The van der Waals surface area contributed by atoms with Crippen LogP contribution in [-0.4, -0.2) is 54.9 Å². The summed E-state index contributed by atoms with van der Waals surface area (Å²) in [7, 11) is 3.29. The second-order valence-electron chi connectivity index (χ2n) is 6.70. The average Bonchev–Trinajstić information content (AvgIpc) is 2.99. The van der Waals surface area contributed by atoms with Crippen molar-refractivity contribution >= 4 is 29.1 Å². The second-order valence-corrected chi connectivity index (χ2v) is 6.70. The molecule has 10 nitrogen and oxygen atoms in total. The molecule has 0 atom stereocenters. The van der Waals surface area contributed by atoms with Crippen LogP contribution in [0.15, 0.2) is 18.2 Å². The maximum atomic E-state index is 12.5. The Bertz CT molecular complexity index is 1010. The van der Waals surface area contributed by atoms with Crippen molar-refractivity contribution < 1.29 is 28.8 Å². The molecular weight excluding hydrogens is 394 g/mol. The highest BCUT2D eigenvalue weighted by molar-refractivity contribution is 6.03. The van der Waals surface area contributed by atoms with E-state index < -0.39 is 29.3 Å². The van der Waals surface area contributed by atoms with Crippen molar-refractivity contribution in [1.29, 1.82) is 0 Å². The van der Waals surface area contributed by atoms with Gasteiger partial charge in [-0.25, -0.2) is 9.59 Å². The summed E-state index contributed by atoms with van der Waals surface area (Å²) in [6.07, 6.45) is 0.